The van der Waals surface area contributed by atoms with Crippen LogP contribution < -0.4 is 0 Å². The van der Waals surface area contributed by atoms with Gasteiger partial charge in [-0.05, 0) is 99.7 Å². The van der Waals surface area contributed by atoms with Crippen molar-refractivity contribution in [1.82, 2.24) is 0 Å². The minimum atomic E-state index is 1.19. The van der Waals surface area contributed by atoms with E-state index < -0.39 is 0 Å². The molecule has 0 aliphatic heterocycles. The van der Waals surface area contributed by atoms with Gasteiger partial charge >= 0.3 is 0 Å². The third kappa shape index (κ3) is 4.87. The van der Waals surface area contributed by atoms with E-state index in [1.807, 2.05) is 0 Å². The van der Waals surface area contributed by atoms with Gasteiger partial charge in [0.1, 0.15) is 0 Å². The minimum absolute atomic E-state index is 1.19. The third-order valence-corrected chi connectivity index (χ3v) is 9.63. The molecular formula is C48H32. The largest absolute Gasteiger partial charge is 0.0622 e. The Morgan fingerprint density at radius 2 is 0.792 bits per heavy atom. The smallest absolute Gasteiger partial charge is 0.00201 e. The van der Waals surface area contributed by atoms with Gasteiger partial charge in [-0.15, -0.1) is 0 Å². The highest BCUT2D eigenvalue weighted by atomic mass is 14.2. The fraction of sp³-hybridized carbons (Fsp3) is 0. The molecule has 0 N–H and O–H groups in total. The number of fused-ring (bicyclic) bond motifs is 4. The second-order valence-electron chi connectivity index (χ2n) is 12.5. The Hall–Kier alpha value is -6.24. The van der Waals surface area contributed by atoms with Gasteiger partial charge in [-0.2, -0.15) is 0 Å². The average Bonchev–Trinajstić information content (AvgIpc) is 3.16. The summed E-state index contributed by atoms with van der Waals surface area (Å²) in [5.74, 6) is 0. The van der Waals surface area contributed by atoms with Gasteiger partial charge in [-0.3, -0.25) is 0 Å². The molecule has 0 spiro atoms. The lowest BCUT2D eigenvalue weighted by Gasteiger charge is -2.19. The lowest BCUT2D eigenvalue weighted by atomic mass is 9.84. The van der Waals surface area contributed by atoms with Crippen molar-refractivity contribution in [1.29, 1.82) is 0 Å². The molecule has 0 nitrogen and oxygen atoms in total. The van der Waals surface area contributed by atoms with Crippen molar-refractivity contribution in [3.8, 4) is 33.4 Å². The first kappa shape index (κ1) is 28.0. The molecule has 0 unspecified atom stereocenters. The first-order chi connectivity index (χ1) is 23.8. The lowest BCUT2D eigenvalue weighted by molar-refractivity contribution is 1.62. The quantitative estimate of drug-likeness (QED) is 0.135. The van der Waals surface area contributed by atoms with Crippen LogP contribution in [0.15, 0.2) is 182 Å². The van der Waals surface area contributed by atoms with Crippen molar-refractivity contribution in [3.05, 3.63) is 193 Å². The van der Waals surface area contributed by atoms with Gasteiger partial charge in [0.05, 0.1) is 0 Å². The highest BCUT2D eigenvalue weighted by molar-refractivity contribution is 6.24. The second kappa shape index (κ2) is 11.8. The number of rotatable bonds is 5. The summed E-state index contributed by atoms with van der Waals surface area (Å²) in [6.45, 7) is 0. The molecule has 0 heterocycles. The number of hydrogen-bond acceptors (Lipinski definition) is 0. The van der Waals surface area contributed by atoms with E-state index in [9.17, 15) is 0 Å². The monoisotopic (exact) mass is 608 g/mol. The van der Waals surface area contributed by atoms with E-state index in [1.54, 1.807) is 0 Å². The van der Waals surface area contributed by atoms with E-state index >= 15 is 0 Å². The van der Waals surface area contributed by atoms with Crippen LogP contribution in [0.4, 0.5) is 0 Å². The van der Waals surface area contributed by atoms with E-state index in [0.29, 0.717) is 0 Å². The molecule has 0 aromatic heterocycles. The fourth-order valence-electron chi connectivity index (χ4n) is 7.42. The van der Waals surface area contributed by atoms with E-state index in [0.717, 1.165) is 0 Å². The van der Waals surface area contributed by atoms with Crippen molar-refractivity contribution < 1.29 is 0 Å². The van der Waals surface area contributed by atoms with Crippen molar-refractivity contribution in [2.24, 2.45) is 0 Å². The van der Waals surface area contributed by atoms with Crippen LogP contribution in [0.1, 0.15) is 11.1 Å². The summed E-state index contributed by atoms with van der Waals surface area (Å²) in [5.41, 5.74) is 9.92. The van der Waals surface area contributed by atoms with Crippen LogP contribution in [0.25, 0.3) is 88.6 Å². The molecular weight excluding hydrogens is 577 g/mol. The summed E-state index contributed by atoms with van der Waals surface area (Å²) in [6, 6.07) is 66.3. The van der Waals surface area contributed by atoms with Gasteiger partial charge in [0, 0.05) is 0 Å². The third-order valence-electron chi connectivity index (χ3n) is 9.63. The summed E-state index contributed by atoms with van der Waals surface area (Å²) in [6.07, 6.45) is 4.38. The molecule has 9 rings (SSSR count). The van der Waals surface area contributed by atoms with Crippen LogP contribution in [0, 0.1) is 0 Å². The maximum Gasteiger partial charge on any atom is -0.00201 e. The van der Waals surface area contributed by atoms with Gasteiger partial charge in [-0.25, -0.2) is 0 Å². The zero-order chi connectivity index (χ0) is 31.9. The van der Waals surface area contributed by atoms with E-state index in [-0.39, 0.29) is 0 Å². The maximum absolute atomic E-state index is 2.34. The Balaban J connectivity index is 1.25. The molecule has 0 aliphatic rings. The first-order valence-corrected chi connectivity index (χ1v) is 16.6. The molecule has 0 amide bonds. The van der Waals surface area contributed by atoms with Crippen molar-refractivity contribution in [3.63, 3.8) is 0 Å². The zero-order valence-corrected chi connectivity index (χ0v) is 26.5. The normalized spacial score (nSPS) is 11.7. The molecule has 9 aromatic carbocycles. The number of hydrogen-bond donors (Lipinski definition) is 0. The Bertz CT molecular complexity index is 2600. The second-order valence-corrected chi connectivity index (χ2v) is 12.5. The van der Waals surface area contributed by atoms with Crippen LogP contribution in [-0.2, 0) is 0 Å². The topological polar surface area (TPSA) is 0 Å². The van der Waals surface area contributed by atoms with Gasteiger partial charge in [0.15, 0.2) is 0 Å². The van der Waals surface area contributed by atoms with Crippen molar-refractivity contribution >= 4 is 55.2 Å². The average molecular weight is 609 g/mol. The highest BCUT2D eigenvalue weighted by Crippen LogP contribution is 2.46. The Morgan fingerprint density at radius 1 is 0.271 bits per heavy atom. The number of benzene rings is 9. The van der Waals surface area contributed by atoms with Gasteiger partial charge in [0.2, 0.25) is 0 Å². The standard InChI is InChI=1S/C48H32/c1-2-13-33(14-3-1)27-28-34-15-10-18-37(31-34)39-23-11-25-41-40(39)24-12-26-42(41)48-45-21-8-6-19-43(45)47(44-20-7-9-22-46(44)48)38-30-29-35-16-4-5-17-36(35)32-38/h1-32H/b28-27+. The molecule has 0 radical (unpaired) electrons. The van der Waals surface area contributed by atoms with E-state index in [2.05, 4.69) is 194 Å². The van der Waals surface area contributed by atoms with Crippen LogP contribution in [0.3, 0.4) is 0 Å². The van der Waals surface area contributed by atoms with Crippen LogP contribution in [0.2, 0.25) is 0 Å². The molecule has 0 atom stereocenters. The predicted molar refractivity (Wildman–Crippen MR) is 208 cm³/mol. The molecule has 48 heavy (non-hydrogen) atoms. The Kier molecular flexibility index (Phi) is 6.91. The predicted octanol–water partition coefficient (Wildman–Crippen LogP) is 13.5. The molecule has 0 fully saturated rings. The van der Waals surface area contributed by atoms with E-state index in [4.69, 9.17) is 0 Å². The SMILES string of the molecule is C(=C\c1cccc(-c2cccc3c(-c4c5ccccc5c(-c5ccc6ccccc6c5)c5ccccc45)cccc23)c1)/c1ccccc1. The molecule has 9 aromatic rings. The van der Waals surface area contributed by atoms with Crippen LogP contribution in [-0.4, -0.2) is 0 Å². The Labute approximate surface area is 280 Å². The summed E-state index contributed by atoms with van der Waals surface area (Å²) in [7, 11) is 0. The first-order valence-electron chi connectivity index (χ1n) is 16.6. The summed E-state index contributed by atoms with van der Waals surface area (Å²) >= 11 is 0. The van der Waals surface area contributed by atoms with Gasteiger partial charge in [0.25, 0.3) is 0 Å². The van der Waals surface area contributed by atoms with Crippen LogP contribution in [0.5, 0.6) is 0 Å². The molecule has 224 valence electrons. The molecule has 0 heteroatoms. The summed E-state index contributed by atoms with van der Waals surface area (Å²) < 4.78 is 0. The van der Waals surface area contributed by atoms with Crippen molar-refractivity contribution in [2.75, 3.05) is 0 Å². The Morgan fingerprint density at radius 3 is 1.52 bits per heavy atom. The fourth-order valence-corrected chi connectivity index (χ4v) is 7.42. The highest BCUT2D eigenvalue weighted by Gasteiger charge is 2.18. The molecule has 0 saturated carbocycles. The molecule has 0 saturated heterocycles. The summed E-state index contributed by atoms with van der Waals surface area (Å²) in [5, 5.41) is 10.1. The molecule has 0 bridgehead atoms. The van der Waals surface area contributed by atoms with Crippen LogP contribution >= 0.6 is 0 Å². The minimum Gasteiger partial charge on any atom is -0.0622 e. The van der Waals surface area contributed by atoms with Crippen molar-refractivity contribution in [2.45, 2.75) is 0 Å². The van der Waals surface area contributed by atoms with E-state index in [1.165, 1.54) is 87.6 Å². The lowest BCUT2D eigenvalue weighted by Crippen LogP contribution is -1.92. The zero-order valence-electron chi connectivity index (χ0n) is 26.5. The summed E-state index contributed by atoms with van der Waals surface area (Å²) in [4.78, 5) is 0. The van der Waals surface area contributed by atoms with Gasteiger partial charge < -0.3 is 0 Å². The van der Waals surface area contributed by atoms with Gasteiger partial charge in [-0.1, -0.05) is 182 Å². The molecule has 0 aliphatic carbocycles. The maximum atomic E-state index is 2.34.